The van der Waals surface area contributed by atoms with Crippen LogP contribution < -0.4 is 0 Å². The number of carbonyl (C=O) groups excluding carboxylic acids is 1. The van der Waals surface area contributed by atoms with E-state index in [1.807, 2.05) is 0 Å². The molecule has 0 aliphatic heterocycles. The maximum atomic E-state index is 12.2. The lowest BCUT2D eigenvalue weighted by atomic mass is 9.97. The fourth-order valence-electron chi connectivity index (χ4n) is 1.82. The predicted molar refractivity (Wildman–Crippen MR) is 78.4 cm³/mol. The van der Waals surface area contributed by atoms with Crippen molar-refractivity contribution < 1.29 is 13.2 Å². The zero-order valence-corrected chi connectivity index (χ0v) is 12.5. The van der Waals surface area contributed by atoms with Crippen molar-refractivity contribution in [2.24, 2.45) is 4.40 Å². The lowest BCUT2D eigenvalue weighted by Gasteiger charge is -2.14. The standard InChI is InChI=1S/C14H12ClNO3S/c1-9-8-12(17)13(15)10(2)14(9)16-20(18,19)11-6-4-3-5-7-11/h3-8H,1-2H3/b16-14+. The molecule has 0 amide bonds. The first kappa shape index (κ1) is 14.7. The molecule has 1 aliphatic rings. The van der Waals surface area contributed by atoms with Gasteiger partial charge in [0.1, 0.15) is 0 Å². The summed E-state index contributed by atoms with van der Waals surface area (Å²) in [4.78, 5) is 11.6. The Morgan fingerprint density at radius 1 is 1.10 bits per heavy atom. The number of carbonyl (C=O) groups is 1. The summed E-state index contributed by atoms with van der Waals surface area (Å²) in [7, 11) is -3.82. The Bertz CT molecular complexity index is 759. The Hall–Kier alpha value is -1.72. The molecule has 0 unspecified atom stereocenters. The molecule has 104 valence electrons. The molecule has 1 aromatic carbocycles. The molecule has 0 N–H and O–H groups in total. The number of halogens is 1. The Morgan fingerprint density at radius 2 is 1.70 bits per heavy atom. The van der Waals surface area contributed by atoms with E-state index in [0.717, 1.165) is 0 Å². The molecule has 1 aliphatic carbocycles. The van der Waals surface area contributed by atoms with Crippen molar-refractivity contribution in [2.75, 3.05) is 0 Å². The molecule has 0 bridgehead atoms. The molecule has 6 heteroatoms. The quantitative estimate of drug-likeness (QED) is 0.789. The van der Waals surface area contributed by atoms with Crippen LogP contribution >= 0.6 is 11.6 Å². The average Bonchev–Trinajstić information content (AvgIpc) is 2.42. The first-order chi connectivity index (χ1) is 9.33. The van der Waals surface area contributed by atoms with Crippen LogP contribution in [0.25, 0.3) is 0 Å². The predicted octanol–water partition coefficient (Wildman–Crippen LogP) is 2.86. The van der Waals surface area contributed by atoms with Crippen LogP contribution in [0.4, 0.5) is 0 Å². The van der Waals surface area contributed by atoms with Crippen molar-refractivity contribution in [1.29, 1.82) is 0 Å². The SMILES string of the molecule is CC1=CC(=O)C(Cl)=C(C)/C1=N/S(=O)(=O)c1ccccc1. The van der Waals surface area contributed by atoms with E-state index in [2.05, 4.69) is 4.40 Å². The molecule has 0 radical (unpaired) electrons. The van der Waals surface area contributed by atoms with Gasteiger partial charge in [0.2, 0.25) is 0 Å². The monoisotopic (exact) mass is 309 g/mol. The molecule has 0 atom stereocenters. The van der Waals surface area contributed by atoms with Crippen LogP contribution in [-0.4, -0.2) is 19.9 Å². The molecule has 0 aromatic heterocycles. The molecule has 0 saturated heterocycles. The van der Waals surface area contributed by atoms with Gasteiger partial charge in [0, 0.05) is 0 Å². The highest BCUT2D eigenvalue weighted by Crippen LogP contribution is 2.24. The Balaban J connectivity index is 2.56. The summed E-state index contributed by atoms with van der Waals surface area (Å²) in [5.41, 5.74) is 1.08. The Morgan fingerprint density at radius 3 is 2.30 bits per heavy atom. The van der Waals surface area contributed by atoms with Crippen molar-refractivity contribution in [3.63, 3.8) is 0 Å². The molecule has 20 heavy (non-hydrogen) atoms. The van der Waals surface area contributed by atoms with E-state index >= 15 is 0 Å². The van der Waals surface area contributed by atoms with E-state index in [1.165, 1.54) is 18.2 Å². The number of allylic oxidation sites excluding steroid dienone is 4. The molecule has 0 saturated carbocycles. The molecule has 0 heterocycles. The van der Waals surface area contributed by atoms with Crippen LogP contribution in [0.2, 0.25) is 0 Å². The number of rotatable bonds is 2. The second-order valence-corrected chi connectivity index (χ2v) is 6.34. The Kier molecular flexibility index (Phi) is 3.92. The highest BCUT2D eigenvalue weighted by molar-refractivity contribution is 7.90. The van der Waals surface area contributed by atoms with Crippen LogP contribution in [0.3, 0.4) is 0 Å². The normalized spacial score (nSPS) is 18.4. The average molecular weight is 310 g/mol. The van der Waals surface area contributed by atoms with Crippen molar-refractivity contribution in [1.82, 2.24) is 0 Å². The summed E-state index contributed by atoms with van der Waals surface area (Å²) >= 11 is 5.86. The van der Waals surface area contributed by atoms with Gasteiger partial charge in [-0.25, -0.2) is 0 Å². The van der Waals surface area contributed by atoms with Crippen molar-refractivity contribution >= 4 is 33.1 Å². The summed E-state index contributed by atoms with van der Waals surface area (Å²) in [6.07, 6.45) is 1.29. The van der Waals surface area contributed by atoms with Gasteiger partial charge in [-0.15, -0.1) is 0 Å². The van der Waals surface area contributed by atoms with Gasteiger partial charge in [-0.3, -0.25) is 4.79 Å². The van der Waals surface area contributed by atoms with Crippen molar-refractivity contribution in [2.45, 2.75) is 18.7 Å². The minimum atomic E-state index is -3.82. The summed E-state index contributed by atoms with van der Waals surface area (Å²) < 4.78 is 28.2. The molecule has 1 aromatic rings. The van der Waals surface area contributed by atoms with Gasteiger partial charge in [-0.2, -0.15) is 12.8 Å². The smallest absolute Gasteiger partial charge is 0.282 e. The van der Waals surface area contributed by atoms with Gasteiger partial charge in [-0.1, -0.05) is 29.8 Å². The zero-order valence-electron chi connectivity index (χ0n) is 10.9. The van der Waals surface area contributed by atoms with Crippen LogP contribution in [0, 0.1) is 0 Å². The molecule has 2 rings (SSSR count). The molecular weight excluding hydrogens is 298 g/mol. The molecule has 0 spiro atoms. The highest BCUT2D eigenvalue weighted by atomic mass is 35.5. The summed E-state index contributed by atoms with van der Waals surface area (Å²) in [6, 6.07) is 7.89. The first-order valence-corrected chi connectivity index (χ1v) is 7.64. The van der Waals surface area contributed by atoms with Crippen LogP contribution in [0.1, 0.15) is 13.8 Å². The molecule has 0 fully saturated rings. The van der Waals surface area contributed by atoms with E-state index in [4.69, 9.17) is 11.6 Å². The van der Waals surface area contributed by atoms with Gasteiger partial charge in [0.15, 0.2) is 5.78 Å². The second kappa shape index (κ2) is 5.34. The third-order valence-corrected chi connectivity index (χ3v) is 4.63. The van der Waals surface area contributed by atoms with Crippen LogP contribution in [0.5, 0.6) is 0 Å². The third kappa shape index (κ3) is 2.73. The zero-order chi connectivity index (χ0) is 14.9. The van der Waals surface area contributed by atoms with Gasteiger partial charge >= 0.3 is 0 Å². The fraction of sp³-hybridized carbons (Fsp3) is 0.143. The number of sulfonamides is 1. The number of benzene rings is 1. The van der Waals surface area contributed by atoms with Crippen molar-refractivity contribution in [3.8, 4) is 0 Å². The maximum absolute atomic E-state index is 12.2. The Labute approximate surface area is 122 Å². The number of ketones is 1. The molecule has 4 nitrogen and oxygen atoms in total. The summed E-state index contributed by atoms with van der Waals surface area (Å²) in [5.74, 6) is -0.335. The van der Waals surface area contributed by atoms with E-state index in [-0.39, 0.29) is 21.4 Å². The lowest BCUT2D eigenvalue weighted by molar-refractivity contribution is -0.110. The number of hydrogen-bond donors (Lipinski definition) is 0. The second-order valence-electron chi connectivity index (χ2n) is 4.36. The first-order valence-electron chi connectivity index (χ1n) is 5.82. The van der Waals surface area contributed by atoms with E-state index < -0.39 is 10.0 Å². The minimum absolute atomic E-state index is 0.00221. The van der Waals surface area contributed by atoms with Crippen LogP contribution in [0.15, 0.2) is 61.9 Å². The van der Waals surface area contributed by atoms with Gasteiger partial charge in [0.25, 0.3) is 10.0 Å². The van der Waals surface area contributed by atoms with Gasteiger partial charge < -0.3 is 0 Å². The van der Waals surface area contributed by atoms with Crippen LogP contribution in [-0.2, 0) is 14.8 Å². The van der Waals surface area contributed by atoms with Crippen molar-refractivity contribution in [3.05, 3.63) is 52.6 Å². The summed E-state index contributed by atoms with van der Waals surface area (Å²) in [6.45, 7) is 3.21. The van der Waals surface area contributed by atoms with E-state index in [1.54, 1.807) is 32.0 Å². The van der Waals surface area contributed by atoms with Gasteiger partial charge in [-0.05, 0) is 43.2 Å². The number of hydrogen-bond acceptors (Lipinski definition) is 3. The molecular formula is C14H12ClNO3S. The van der Waals surface area contributed by atoms with E-state index in [9.17, 15) is 13.2 Å². The summed E-state index contributed by atoms with van der Waals surface area (Å²) in [5, 5.41) is -0.00221. The largest absolute Gasteiger partial charge is 0.288 e. The fourth-order valence-corrected chi connectivity index (χ4v) is 3.09. The van der Waals surface area contributed by atoms with Gasteiger partial charge in [0.05, 0.1) is 15.6 Å². The highest BCUT2D eigenvalue weighted by Gasteiger charge is 2.23. The van der Waals surface area contributed by atoms with E-state index in [0.29, 0.717) is 11.1 Å². The topological polar surface area (TPSA) is 63.6 Å². The third-order valence-electron chi connectivity index (χ3n) is 2.87. The maximum Gasteiger partial charge on any atom is 0.282 e. The number of nitrogens with zero attached hydrogens (tertiary/aromatic N) is 1. The minimum Gasteiger partial charge on any atom is -0.288 e. The lowest BCUT2D eigenvalue weighted by Crippen LogP contribution is -2.16.